The van der Waals surface area contributed by atoms with Crippen LogP contribution in [0.1, 0.15) is 80.1 Å². The molecule has 4 atom stereocenters. The number of urea groups is 1. The van der Waals surface area contributed by atoms with Gasteiger partial charge in [-0.15, -0.1) is 0 Å². The Morgan fingerprint density at radius 2 is 1.55 bits per heavy atom. The molecule has 266 valence electrons. The number of benzene rings is 3. The maximum absolute atomic E-state index is 13.2. The van der Waals surface area contributed by atoms with Crippen molar-refractivity contribution in [2.24, 2.45) is 23.7 Å². The predicted molar refractivity (Wildman–Crippen MR) is 197 cm³/mol. The highest BCUT2D eigenvalue weighted by atomic mass is 32.2. The van der Waals surface area contributed by atoms with E-state index in [1.54, 1.807) is 6.07 Å². The minimum absolute atomic E-state index is 0.0105. The number of nitrogens with zero attached hydrogens (tertiary/aromatic N) is 1. The number of aliphatic hydroxyl groups excluding tert-OH is 1. The van der Waals surface area contributed by atoms with Crippen molar-refractivity contribution < 1.29 is 24.1 Å². The zero-order chi connectivity index (χ0) is 35.0. The molecule has 1 saturated heterocycles. The maximum Gasteiger partial charge on any atom is 0.315 e. The van der Waals surface area contributed by atoms with Crippen molar-refractivity contribution in [3.8, 4) is 11.1 Å². The van der Waals surface area contributed by atoms with Gasteiger partial charge in [-0.3, -0.25) is 0 Å². The third-order valence-corrected chi connectivity index (χ3v) is 12.8. The van der Waals surface area contributed by atoms with Crippen LogP contribution in [0.2, 0.25) is 0 Å². The van der Waals surface area contributed by atoms with E-state index in [9.17, 15) is 15.1 Å². The summed E-state index contributed by atoms with van der Waals surface area (Å²) in [6.07, 6.45) is 7.92. The van der Waals surface area contributed by atoms with Crippen LogP contribution in [-0.4, -0.2) is 28.5 Å². The molecule has 51 heavy (non-hydrogen) atoms. The lowest BCUT2D eigenvalue weighted by atomic mass is 9.53. The van der Waals surface area contributed by atoms with Crippen LogP contribution in [0.3, 0.4) is 0 Å². The molecule has 4 aromatic rings. The average Bonchev–Trinajstić information content (AvgIpc) is 3.14. The number of pyridine rings is 1. The van der Waals surface area contributed by atoms with Gasteiger partial charge in [-0.2, -0.15) is 4.73 Å². The van der Waals surface area contributed by atoms with Gasteiger partial charge >= 0.3 is 6.03 Å². The molecule has 9 heteroatoms. The van der Waals surface area contributed by atoms with Gasteiger partial charge in [0, 0.05) is 41.5 Å². The van der Waals surface area contributed by atoms with Gasteiger partial charge in [-0.05, 0) is 90.2 Å². The van der Waals surface area contributed by atoms with E-state index in [0.29, 0.717) is 17.3 Å². The number of carbonyl (C=O) groups is 1. The SMILES string of the molecule is C[C@@H]1[C@H](CSc2cccc[n+]2[O-])O[C@H](c2ccc(-c3ccccc3CNC(=O)NC34CC5CC(CC(C5)C3)C4)cc2)O[C@@H]1c1ccc(CO)cc1. The lowest BCUT2D eigenvalue weighted by Crippen LogP contribution is -2.61. The minimum Gasteiger partial charge on any atom is -0.618 e. The second-order valence-electron chi connectivity index (χ2n) is 15.3. The van der Waals surface area contributed by atoms with E-state index < -0.39 is 6.29 Å². The second-order valence-corrected chi connectivity index (χ2v) is 16.3. The molecule has 9 rings (SSSR count). The zero-order valence-corrected chi connectivity index (χ0v) is 29.9. The van der Waals surface area contributed by atoms with E-state index in [2.05, 4.69) is 54.0 Å². The molecular formula is C42H47N3O5S. The normalized spacial score (nSPS) is 29.5. The van der Waals surface area contributed by atoms with E-state index in [1.165, 1.54) is 37.2 Å². The number of thioether (sulfide) groups is 1. The summed E-state index contributed by atoms with van der Waals surface area (Å²) in [6.45, 7) is 2.56. The Labute approximate surface area is 304 Å². The Hall–Kier alpha value is -3.89. The molecule has 5 aliphatic rings. The monoisotopic (exact) mass is 705 g/mol. The fraction of sp³-hybridized carbons (Fsp3) is 0.429. The number of rotatable bonds is 10. The Bertz CT molecular complexity index is 1800. The van der Waals surface area contributed by atoms with Crippen LogP contribution in [0.25, 0.3) is 11.1 Å². The summed E-state index contributed by atoms with van der Waals surface area (Å²) in [6, 6.07) is 29.8. The highest BCUT2D eigenvalue weighted by Crippen LogP contribution is 2.55. The minimum atomic E-state index is -0.608. The van der Waals surface area contributed by atoms with Crippen molar-refractivity contribution >= 4 is 17.8 Å². The van der Waals surface area contributed by atoms with Gasteiger partial charge in [0.05, 0.1) is 18.8 Å². The highest BCUT2D eigenvalue weighted by Gasteiger charge is 2.51. The quantitative estimate of drug-likeness (QED) is 0.0883. The van der Waals surface area contributed by atoms with Gasteiger partial charge in [0.2, 0.25) is 0 Å². The van der Waals surface area contributed by atoms with E-state index in [0.717, 1.165) is 75.1 Å². The van der Waals surface area contributed by atoms with Gasteiger partial charge < -0.3 is 30.4 Å². The van der Waals surface area contributed by atoms with Crippen LogP contribution < -0.4 is 15.4 Å². The first-order chi connectivity index (χ1) is 24.8. The van der Waals surface area contributed by atoms with Gasteiger partial charge in [0.1, 0.15) is 0 Å². The number of nitrogens with one attached hydrogen (secondary N) is 2. The number of hydrogen-bond donors (Lipinski definition) is 3. The molecular weight excluding hydrogens is 659 g/mol. The molecule has 3 aromatic carbocycles. The lowest BCUT2D eigenvalue weighted by molar-refractivity contribution is -0.645. The molecule has 4 aliphatic carbocycles. The van der Waals surface area contributed by atoms with Gasteiger partial charge in [-0.25, -0.2) is 4.79 Å². The summed E-state index contributed by atoms with van der Waals surface area (Å²) in [5.74, 6) is 2.94. The molecule has 0 spiro atoms. The summed E-state index contributed by atoms with van der Waals surface area (Å²) >= 11 is 1.48. The molecule has 3 N–H and O–H groups in total. The molecule has 4 bridgehead atoms. The standard InChI is InChI=1S/C42H47N3O5S/c1-27-37(26-51-38-8-4-5-17-45(38)48)49-40(50-39(27)33-11-9-28(25-46)10-12-33)34-15-13-32(14-16-34)36-7-3-2-6-35(36)24-43-41(47)44-42-21-29-18-30(22-42)20-31(19-29)23-42/h2-17,27,29-31,37,39-40,46H,18-26H2,1H3,(H2,43,44,47)/t27-,29?,30?,31?,37+,39+,40+,42?/m1/s1. The van der Waals surface area contributed by atoms with Crippen LogP contribution in [0.4, 0.5) is 4.79 Å². The van der Waals surface area contributed by atoms with Crippen molar-refractivity contribution in [1.82, 2.24) is 10.6 Å². The first-order valence-corrected chi connectivity index (χ1v) is 19.4. The van der Waals surface area contributed by atoms with E-state index >= 15 is 0 Å². The first-order valence-electron chi connectivity index (χ1n) is 18.4. The van der Waals surface area contributed by atoms with Crippen LogP contribution in [-0.2, 0) is 22.6 Å². The molecule has 0 radical (unpaired) electrons. The summed E-state index contributed by atoms with van der Waals surface area (Å²) in [4.78, 5) is 13.2. The van der Waals surface area contributed by atoms with Crippen LogP contribution in [0.5, 0.6) is 0 Å². The van der Waals surface area contributed by atoms with E-state index in [-0.39, 0.29) is 36.3 Å². The number of aromatic nitrogens is 1. The molecule has 1 aliphatic heterocycles. The molecule has 5 fully saturated rings. The second kappa shape index (κ2) is 14.6. The Morgan fingerprint density at radius 3 is 2.24 bits per heavy atom. The van der Waals surface area contributed by atoms with E-state index in [1.807, 2.05) is 48.5 Å². The summed E-state index contributed by atoms with van der Waals surface area (Å²) in [5, 5.41) is 29.2. The van der Waals surface area contributed by atoms with Crippen LogP contribution in [0, 0.1) is 28.9 Å². The number of hydrogen-bond acceptors (Lipinski definition) is 6. The fourth-order valence-corrected chi connectivity index (χ4v) is 10.6. The molecule has 0 unspecified atom stereocenters. The molecule has 2 amide bonds. The first kappa shape index (κ1) is 34.2. The van der Waals surface area contributed by atoms with E-state index in [4.69, 9.17) is 9.47 Å². The van der Waals surface area contributed by atoms with Crippen LogP contribution in [0.15, 0.2) is 102 Å². The predicted octanol–water partition coefficient (Wildman–Crippen LogP) is 7.83. The average molecular weight is 706 g/mol. The van der Waals surface area contributed by atoms with Gasteiger partial charge in [-0.1, -0.05) is 91.5 Å². The number of amides is 2. The van der Waals surface area contributed by atoms with Crippen molar-refractivity contribution in [3.05, 3.63) is 125 Å². The van der Waals surface area contributed by atoms with Gasteiger partial charge in [0.15, 0.2) is 12.5 Å². The van der Waals surface area contributed by atoms with Crippen molar-refractivity contribution in [3.63, 3.8) is 0 Å². The third-order valence-electron chi connectivity index (χ3n) is 11.7. The maximum atomic E-state index is 13.2. The topological polar surface area (TPSA) is 107 Å². The fourth-order valence-electron chi connectivity index (χ4n) is 9.50. The molecule has 8 nitrogen and oxygen atoms in total. The number of ether oxygens (including phenoxy) is 2. The summed E-state index contributed by atoms with van der Waals surface area (Å²) in [5.41, 5.74) is 5.94. The summed E-state index contributed by atoms with van der Waals surface area (Å²) in [7, 11) is 0. The van der Waals surface area contributed by atoms with Crippen LogP contribution >= 0.6 is 11.8 Å². The summed E-state index contributed by atoms with van der Waals surface area (Å²) < 4.78 is 14.2. The molecule has 4 saturated carbocycles. The Kier molecular flexibility index (Phi) is 9.81. The van der Waals surface area contributed by atoms with Crippen molar-refractivity contribution in [2.45, 2.75) is 87.7 Å². The smallest absolute Gasteiger partial charge is 0.315 e. The largest absolute Gasteiger partial charge is 0.618 e. The number of aliphatic hydroxyl groups is 1. The zero-order valence-electron chi connectivity index (χ0n) is 29.1. The number of carbonyl (C=O) groups excluding carboxylic acids is 1. The third kappa shape index (κ3) is 7.40. The highest BCUT2D eigenvalue weighted by molar-refractivity contribution is 7.99. The molecule has 2 heterocycles. The molecule has 1 aromatic heterocycles. The Balaban J connectivity index is 0.967. The van der Waals surface area contributed by atoms with Gasteiger partial charge in [0.25, 0.3) is 5.03 Å². The van der Waals surface area contributed by atoms with Crippen molar-refractivity contribution in [1.29, 1.82) is 0 Å². The Morgan fingerprint density at radius 1 is 0.882 bits per heavy atom. The van der Waals surface area contributed by atoms with Crippen molar-refractivity contribution in [2.75, 3.05) is 5.75 Å². The lowest BCUT2D eigenvalue weighted by Gasteiger charge is -2.56.